The lowest BCUT2D eigenvalue weighted by atomic mass is 9.89. The molecule has 114 valence electrons. The van der Waals surface area contributed by atoms with E-state index in [4.69, 9.17) is 0 Å². The van der Waals surface area contributed by atoms with Gasteiger partial charge in [-0.1, -0.05) is 0 Å². The molecule has 0 spiro atoms. The fourth-order valence-corrected chi connectivity index (χ4v) is 5.43. The molecule has 0 saturated carbocycles. The fraction of sp³-hybridized carbons (Fsp3) is 0.571. The lowest BCUT2D eigenvalue weighted by Crippen LogP contribution is -2.33. The molecule has 2 atom stereocenters. The summed E-state index contributed by atoms with van der Waals surface area (Å²) in [5.74, 6) is -0.977. The number of aromatic nitrogens is 1. The van der Waals surface area contributed by atoms with Crippen LogP contribution in [0.4, 0.5) is 13.2 Å². The Morgan fingerprint density at radius 1 is 1.24 bits per heavy atom. The number of Topliss-reactive ketones (excluding diaryl/α,β-unsaturated/α-hetero) is 1. The minimum Gasteiger partial charge on any atom is -0.294 e. The van der Waals surface area contributed by atoms with E-state index in [2.05, 4.69) is 4.98 Å². The van der Waals surface area contributed by atoms with Crippen LogP contribution in [-0.2, 0) is 17.0 Å². The van der Waals surface area contributed by atoms with Crippen LogP contribution >= 0.6 is 0 Å². The minimum atomic E-state index is -4.57. The summed E-state index contributed by atoms with van der Waals surface area (Å²) in [7, 11) is -0.925. The highest BCUT2D eigenvalue weighted by Crippen LogP contribution is 2.41. The van der Waals surface area contributed by atoms with Crippen LogP contribution in [-0.4, -0.2) is 25.5 Å². The first-order valence-electron chi connectivity index (χ1n) is 6.82. The van der Waals surface area contributed by atoms with Crippen molar-refractivity contribution >= 4 is 16.6 Å². The molecule has 1 aromatic heterocycles. The predicted octanol–water partition coefficient (Wildman–Crippen LogP) is 2.97. The molecule has 2 bridgehead atoms. The Hall–Kier alpha value is -1.24. The van der Waals surface area contributed by atoms with Crippen molar-refractivity contribution in [2.24, 2.45) is 5.92 Å². The van der Waals surface area contributed by atoms with Gasteiger partial charge in [-0.2, -0.15) is 13.2 Å². The van der Waals surface area contributed by atoms with Crippen molar-refractivity contribution in [3.8, 4) is 0 Å². The minimum absolute atomic E-state index is 0.0382. The van der Waals surface area contributed by atoms with Gasteiger partial charge in [-0.05, 0) is 31.7 Å². The van der Waals surface area contributed by atoms with E-state index >= 15 is 0 Å². The lowest BCUT2D eigenvalue weighted by Gasteiger charge is -2.26. The van der Waals surface area contributed by atoms with Crippen molar-refractivity contribution in [2.75, 3.05) is 0 Å². The molecule has 3 rings (SSSR count). The van der Waals surface area contributed by atoms with Crippen LogP contribution in [0.2, 0.25) is 0 Å². The highest BCUT2D eigenvalue weighted by atomic mass is 32.2. The maximum Gasteiger partial charge on any atom is 0.417 e. The van der Waals surface area contributed by atoms with Crippen LogP contribution in [0.25, 0.3) is 0 Å². The molecule has 2 fully saturated rings. The number of carbonyl (C=O) groups is 1. The van der Waals surface area contributed by atoms with Crippen LogP contribution in [0.15, 0.2) is 18.5 Å². The van der Waals surface area contributed by atoms with Crippen molar-refractivity contribution in [1.29, 1.82) is 0 Å². The smallest absolute Gasteiger partial charge is 0.294 e. The molecule has 2 aliphatic rings. The quantitative estimate of drug-likeness (QED) is 0.788. The molecule has 2 saturated heterocycles. The van der Waals surface area contributed by atoms with Gasteiger partial charge in [-0.3, -0.25) is 14.0 Å². The molecule has 0 aliphatic carbocycles. The normalized spacial score (nSPS) is 32.1. The third-order valence-corrected chi connectivity index (χ3v) is 6.50. The maximum atomic E-state index is 13.0. The van der Waals surface area contributed by atoms with Crippen LogP contribution in [0, 0.1) is 5.92 Å². The maximum absolute atomic E-state index is 13.0. The number of pyridine rings is 1. The van der Waals surface area contributed by atoms with Crippen molar-refractivity contribution in [1.82, 2.24) is 4.98 Å². The number of nitrogens with zero attached hydrogens (tertiary/aromatic N) is 1. The third kappa shape index (κ3) is 2.63. The Balaban J connectivity index is 1.89. The monoisotopic (exact) mass is 317 g/mol. The van der Waals surface area contributed by atoms with E-state index in [0.29, 0.717) is 12.8 Å². The Morgan fingerprint density at radius 2 is 1.86 bits per heavy atom. The number of halogens is 3. The number of rotatable bonds is 2. The van der Waals surface area contributed by atoms with Crippen molar-refractivity contribution in [3.63, 3.8) is 0 Å². The zero-order valence-electron chi connectivity index (χ0n) is 11.1. The van der Waals surface area contributed by atoms with Gasteiger partial charge in [0.2, 0.25) is 0 Å². The third-order valence-electron chi connectivity index (χ3n) is 4.33. The predicted molar refractivity (Wildman–Crippen MR) is 71.2 cm³/mol. The molecule has 2 aliphatic heterocycles. The largest absolute Gasteiger partial charge is 0.417 e. The number of carbonyl (C=O) groups excluding carboxylic acids is 1. The molecule has 1 aromatic rings. The second kappa shape index (κ2) is 5.19. The van der Waals surface area contributed by atoms with Crippen molar-refractivity contribution < 1.29 is 22.2 Å². The van der Waals surface area contributed by atoms with E-state index in [-0.39, 0.29) is 16.1 Å². The molecule has 0 N–H and O–H groups in total. The average molecular weight is 317 g/mol. The molecule has 7 heteroatoms. The van der Waals surface area contributed by atoms with E-state index < -0.39 is 34.2 Å². The summed E-state index contributed by atoms with van der Waals surface area (Å²) in [5, 5.41) is -0.0765. The van der Waals surface area contributed by atoms with Gasteiger partial charge < -0.3 is 0 Å². The van der Waals surface area contributed by atoms with Crippen LogP contribution in [0.1, 0.15) is 41.6 Å². The van der Waals surface area contributed by atoms with E-state index in [1.165, 1.54) is 0 Å². The zero-order chi connectivity index (χ0) is 15.2. The second-order valence-corrected chi connectivity index (χ2v) is 7.59. The first-order chi connectivity index (χ1) is 9.88. The van der Waals surface area contributed by atoms with E-state index in [1.807, 2.05) is 0 Å². The van der Waals surface area contributed by atoms with Gasteiger partial charge >= 0.3 is 6.18 Å². The Morgan fingerprint density at radius 3 is 2.43 bits per heavy atom. The number of hydrogen-bond acceptors (Lipinski definition) is 3. The molecule has 3 heterocycles. The van der Waals surface area contributed by atoms with Crippen LogP contribution < -0.4 is 0 Å². The number of hydrogen-bond donors (Lipinski definition) is 0. The van der Waals surface area contributed by atoms with Gasteiger partial charge in [0.15, 0.2) is 5.78 Å². The van der Waals surface area contributed by atoms with Gasteiger partial charge in [-0.25, -0.2) is 0 Å². The zero-order valence-corrected chi connectivity index (χ0v) is 11.9. The average Bonchev–Trinajstić information content (AvgIpc) is 2.66. The van der Waals surface area contributed by atoms with Gasteiger partial charge in [0.05, 0.1) is 5.56 Å². The summed E-state index contributed by atoms with van der Waals surface area (Å²) < 4.78 is 50.9. The summed E-state index contributed by atoms with van der Waals surface area (Å²) in [5.41, 5.74) is -1.29. The van der Waals surface area contributed by atoms with Crippen LogP contribution in [0.3, 0.4) is 0 Å². The molecule has 0 aromatic carbocycles. The highest BCUT2D eigenvalue weighted by molar-refractivity contribution is 7.86. The van der Waals surface area contributed by atoms with Crippen LogP contribution in [0.5, 0.6) is 0 Å². The SMILES string of the molecule is O=C(c1cnccc1C(F)(F)F)C1CC2CCC(C1)S2=O. The Bertz CT molecular complexity index is 586. The van der Waals surface area contributed by atoms with E-state index in [1.54, 1.807) is 0 Å². The topological polar surface area (TPSA) is 47.0 Å². The Labute approximate surface area is 122 Å². The van der Waals surface area contributed by atoms with E-state index in [9.17, 15) is 22.2 Å². The summed E-state index contributed by atoms with van der Waals surface area (Å²) in [6.45, 7) is 0. The molecular weight excluding hydrogens is 303 g/mol. The second-order valence-electron chi connectivity index (χ2n) is 5.60. The number of alkyl halides is 3. The summed E-state index contributed by atoms with van der Waals surface area (Å²) in [6, 6.07) is 0.836. The summed E-state index contributed by atoms with van der Waals surface area (Å²) in [6.07, 6.45) is -0.0645. The molecule has 0 amide bonds. The van der Waals surface area contributed by atoms with Crippen molar-refractivity contribution in [2.45, 2.75) is 42.4 Å². The first-order valence-corrected chi connectivity index (χ1v) is 8.10. The molecule has 3 nitrogen and oxygen atoms in total. The summed E-state index contributed by atoms with van der Waals surface area (Å²) >= 11 is 0. The van der Waals surface area contributed by atoms with Gasteiger partial charge in [-0.15, -0.1) is 0 Å². The number of ketones is 1. The molecule has 21 heavy (non-hydrogen) atoms. The lowest BCUT2D eigenvalue weighted by molar-refractivity contribution is -0.138. The highest BCUT2D eigenvalue weighted by Gasteiger charge is 2.44. The van der Waals surface area contributed by atoms with E-state index in [0.717, 1.165) is 31.3 Å². The first kappa shape index (κ1) is 14.7. The Kier molecular flexibility index (Phi) is 3.63. The number of fused-ring (bicyclic) bond motifs is 2. The molecule has 0 radical (unpaired) electrons. The fourth-order valence-electron chi connectivity index (χ4n) is 3.30. The summed E-state index contributed by atoms with van der Waals surface area (Å²) in [4.78, 5) is 16.1. The molecule has 2 unspecified atom stereocenters. The van der Waals surface area contributed by atoms with Gasteiger partial charge in [0, 0.05) is 45.2 Å². The van der Waals surface area contributed by atoms with Gasteiger partial charge in [0.25, 0.3) is 0 Å². The molecular formula is C14H14F3NO2S. The standard InChI is InChI=1S/C14H14F3NO2S/c15-14(16,17)12-3-4-18-7-11(12)13(19)8-5-9-1-2-10(6-8)21(9)20/h3-4,7-10H,1-2,5-6H2. The van der Waals surface area contributed by atoms with Crippen molar-refractivity contribution in [3.05, 3.63) is 29.6 Å². The van der Waals surface area contributed by atoms with Gasteiger partial charge in [0.1, 0.15) is 0 Å².